The fourth-order valence-electron chi connectivity index (χ4n) is 2.58. The summed E-state index contributed by atoms with van der Waals surface area (Å²) in [5.74, 6) is 0.671. The topological polar surface area (TPSA) is 70.7 Å². The third-order valence-electron chi connectivity index (χ3n) is 3.48. The molecule has 2 aromatic heterocycles. The summed E-state index contributed by atoms with van der Waals surface area (Å²) in [5, 5.41) is 13.5. The summed E-state index contributed by atoms with van der Waals surface area (Å²) >= 11 is 5.93. The second-order valence-corrected chi connectivity index (χ2v) is 4.89. The molecule has 2 aromatic rings. The first-order valence-corrected chi connectivity index (χ1v) is 7.50. The monoisotopic (exact) mass is 310 g/mol. The van der Waals surface area contributed by atoms with Crippen LogP contribution in [0.3, 0.4) is 0 Å². The summed E-state index contributed by atoms with van der Waals surface area (Å²) < 4.78 is 1.49. The Morgan fingerprint density at radius 2 is 2.24 bits per heavy atom. The number of aliphatic hydroxyl groups is 1. The third kappa shape index (κ3) is 2.87. The maximum atomic E-state index is 11.0. The van der Waals surface area contributed by atoms with Gasteiger partial charge in [0.1, 0.15) is 11.2 Å². The van der Waals surface area contributed by atoms with E-state index in [-0.39, 0.29) is 17.9 Å². The normalized spacial score (nSPS) is 17.7. The summed E-state index contributed by atoms with van der Waals surface area (Å²) in [4.78, 5) is 17.3. The molecular weight excluding hydrogens is 292 g/mol. The van der Waals surface area contributed by atoms with Gasteiger partial charge in [0.15, 0.2) is 12.1 Å². The number of carbonyl (C=O) groups excluding carboxylic acids is 1. The van der Waals surface area contributed by atoms with E-state index in [4.69, 9.17) is 11.6 Å². The van der Waals surface area contributed by atoms with Crippen LogP contribution in [0.25, 0.3) is 5.52 Å². The number of aldehydes is 1. The van der Waals surface area contributed by atoms with Gasteiger partial charge in [-0.1, -0.05) is 13.8 Å². The van der Waals surface area contributed by atoms with Gasteiger partial charge in [0.05, 0.1) is 12.6 Å². The van der Waals surface area contributed by atoms with Crippen molar-refractivity contribution in [2.24, 2.45) is 0 Å². The molecule has 0 bridgehead atoms. The van der Waals surface area contributed by atoms with Crippen LogP contribution in [-0.4, -0.2) is 45.2 Å². The maximum Gasteiger partial charge on any atom is 0.243 e. The zero-order valence-electron chi connectivity index (χ0n) is 12.2. The Hall–Kier alpha value is -1.66. The van der Waals surface area contributed by atoms with E-state index in [1.54, 1.807) is 12.1 Å². The van der Waals surface area contributed by atoms with Crippen LogP contribution in [0.1, 0.15) is 37.2 Å². The fourth-order valence-corrected chi connectivity index (χ4v) is 2.74. The number of fused-ring (bicyclic) bond motifs is 1. The zero-order chi connectivity index (χ0) is 15.4. The van der Waals surface area contributed by atoms with Crippen molar-refractivity contribution >= 4 is 29.2 Å². The molecule has 1 fully saturated rings. The molecule has 1 aliphatic heterocycles. The smallest absolute Gasteiger partial charge is 0.243 e. The van der Waals surface area contributed by atoms with Crippen molar-refractivity contribution in [1.29, 1.82) is 0 Å². The Bertz CT molecular complexity index is 629. The third-order valence-corrected chi connectivity index (χ3v) is 3.64. The summed E-state index contributed by atoms with van der Waals surface area (Å²) in [6.07, 6.45) is 2.65. The summed E-state index contributed by atoms with van der Waals surface area (Å²) in [6, 6.07) is 3.52. The van der Waals surface area contributed by atoms with Crippen LogP contribution in [0.5, 0.6) is 0 Å². The molecule has 0 aromatic carbocycles. The van der Waals surface area contributed by atoms with E-state index in [1.165, 1.54) is 4.52 Å². The van der Waals surface area contributed by atoms with Crippen molar-refractivity contribution < 1.29 is 9.90 Å². The van der Waals surface area contributed by atoms with E-state index in [0.717, 1.165) is 31.2 Å². The summed E-state index contributed by atoms with van der Waals surface area (Å²) in [7, 11) is 0. The lowest BCUT2D eigenvalue weighted by Gasteiger charge is -2.24. The maximum absolute atomic E-state index is 11.0. The molecule has 1 saturated heterocycles. The number of rotatable bonds is 3. The van der Waals surface area contributed by atoms with Crippen molar-refractivity contribution in [1.82, 2.24) is 14.6 Å². The minimum atomic E-state index is 0.0457. The Morgan fingerprint density at radius 1 is 1.48 bits per heavy atom. The minimum Gasteiger partial charge on any atom is -0.394 e. The number of aliphatic hydroxyl groups excluding tert-OH is 1. The predicted octanol–water partition coefficient (Wildman–Crippen LogP) is 2.18. The van der Waals surface area contributed by atoms with Gasteiger partial charge in [-0.3, -0.25) is 4.79 Å². The first kappa shape index (κ1) is 15.7. The van der Waals surface area contributed by atoms with Gasteiger partial charge in [-0.05, 0) is 36.6 Å². The molecule has 0 amide bonds. The highest BCUT2D eigenvalue weighted by atomic mass is 35.5. The molecule has 3 heterocycles. The highest BCUT2D eigenvalue weighted by Crippen LogP contribution is 2.28. The molecule has 21 heavy (non-hydrogen) atoms. The first-order chi connectivity index (χ1) is 10.2. The number of halogens is 1. The van der Waals surface area contributed by atoms with Crippen LogP contribution in [0.2, 0.25) is 5.28 Å². The lowest BCUT2D eigenvalue weighted by Crippen LogP contribution is -2.33. The number of hydrogen-bond acceptors (Lipinski definition) is 5. The van der Waals surface area contributed by atoms with Crippen LogP contribution < -0.4 is 4.90 Å². The molecular formula is C14H19ClN4O2. The second kappa shape index (κ2) is 6.87. The van der Waals surface area contributed by atoms with E-state index in [1.807, 2.05) is 18.7 Å². The Kier molecular flexibility index (Phi) is 5.14. The van der Waals surface area contributed by atoms with Gasteiger partial charge in [-0.25, -0.2) is 4.52 Å². The van der Waals surface area contributed by atoms with Gasteiger partial charge in [0.25, 0.3) is 0 Å². The van der Waals surface area contributed by atoms with Gasteiger partial charge in [-0.15, -0.1) is 5.10 Å². The van der Waals surface area contributed by atoms with E-state index in [9.17, 15) is 9.90 Å². The number of carbonyl (C=O) groups is 1. The van der Waals surface area contributed by atoms with Gasteiger partial charge in [-0.2, -0.15) is 4.98 Å². The highest BCUT2D eigenvalue weighted by Gasteiger charge is 2.27. The molecule has 1 unspecified atom stereocenters. The molecule has 0 radical (unpaired) electrons. The van der Waals surface area contributed by atoms with Gasteiger partial charge in [0, 0.05) is 6.54 Å². The number of aromatic nitrogens is 3. The quantitative estimate of drug-likeness (QED) is 0.880. The van der Waals surface area contributed by atoms with E-state index >= 15 is 0 Å². The van der Waals surface area contributed by atoms with Crippen molar-refractivity contribution in [3.8, 4) is 0 Å². The molecule has 6 nitrogen and oxygen atoms in total. The number of anilines is 1. The standard InChI is InChI=1S/C12H13ClN4O2.C2H6/c13-12-14-11(16-5-1-2-8(16)6-18)10-4-3-9(7-19)17(10)15-12;1-2/h3-4,7-8,18H,1-2,5-6H2;1-2H3. The van der Waals surface area contributed by atoms with Crippen LogP contribution in [0.4, 0.5) is 5.82 Å². The summed E-state index contributed by atoms with van der Waals surface area (Å²) in [5.41, 5.74) is 1.16. The van der Waals surface area contributed by atoms with Crippen molar-refractivity contribution in [3.63, 3.8) is 0 Å². The van der Waals surface area contributed by atoms with Gasteiger partial charge < -0.3 is 10.0 Å². The molecule has 1 atom stereocenters. The Morgan fingerprint density at radius 3 is 2.90 bits per heavy atom. The summed E-state index contributed by atoms with van der Waals surface area (Å²) in [6.45, 7) is 4.89. The number of hydrogen-bond donors (Lipinski definition) is 1. The van der Waals surface area contributed by atoms with Crippen LogP contribution in [0.15, 0.2) is 12.1 Å². The second-order valence-electron chi connectivity index (χ2n) is 4.55. The van der Waals surface area contributed by atoms with E-state index in [2.05, 4.69) is 10.1 Å². The average molecular weight is 311 g/mol. The average Bonchev–Trinajstić information content (AvgIpc) is 3.14. The molecule has 3 rings (SSSR count). The molecule has 114 valence electrons. The Balaban J connectivity index is 0.000000774. The molecule has 0 aliphatic carbocycles. The predicted molar refractivity (Wildman–Crippen MR) is 82.2 cm³/mol. The molecule has 0 saturated carbocycles. The Labute approximate surface area is 128 Å². The van der Waals surface area contributed by atoms with Crippen molar-refractivity contribution in [2.75, 3.05) is 18.1 Å². The van der Waals surface area contributed by atoms with Crippen molar-refractivity contribution in [2.45, 2.75) is 32.7 Å². The van der Waals surface area contributed by atoms with Crippen molar-refractivity contribution in [3.05, 3.63) is 23.1 Å². The lowest BCUT2D eigenvalue weighted by molar-refractivity contribution is 0.111. The van der Waals surface area contributed by atoms with Gasteiger partial charge >= 0.3 is 0 Å². The molecule has 0 spiro atoms. The number of nitrogens with zero attached hydrogens (tertiary/aromatic N) is 4. The van der Waals surface area contributed by atoms with E-state index in [0.29, 0.717) is 11.5 Å². The molecule has 7 heteroatoms. The van der Waals surface area contributed by atoms with Crippen LogP contribution in [-0.2, 0) is 0 Å². The molecule has 1 N–H and O–H groups in total. The van der Waals surface area contributed by atoms with Gasteiger partial charge in [0.2, 0.25) is 5.28 Å². The van der Waals surface area contributed by atoms with E-state index < -0.39 is 0 Å². The largest absolute Gasteiger partial charge is 0.394 e. The lowest BCUT2D eigenvalue weighted by atomic mass is 10.2. The fraction of sp³-hybridized carbons (Fsp3) is 0.500. The first-order valence-electron chi connectivity index (χ1n) is 7.12. The zero-order valence-corrected chi connectivity index (χ0v) is 12.9. The SMILES string of the molecule is CC.O=Cc1ccc2c(N3CCCC3CO)nc(Cl)nn12. The minimum absolute atomic E-state index is 0.0457. The van der Waals surface area contributed by atoms with Crippen LogP contribution in [0, 0.1) is 0 Å². The van der Waals surface area contributed by atoms with Crippen LogP contribution >= 0.6 is 11.6 Å². The molecule has 1 aliphatic rings. The highest BCUT2D eigenvalue weighted by molar-refractivity contribution is 6.28.